The molecule has 1 N–H and O–H groups in total. The van der Waals surface area contributed by atoms with E-state index in [4.69, 9.17) is 4.98 Å². The van der Waals surface area contributed by atoms with E-state index in [9.17, 15) is 4.79 Å². The van der Waals surface area contributed by atoms with Crippen molar-refractivity contribution in [3.8, 4) is 11.1 Å². The first-order valence-electron chi connectivity index (χ1n) is 10.6. The highest BCUT2D eigenvalue weighted by atomic mass is 16.1. The molecule has 1 atom stereocenters. The Bertz CT molecular complexity index is 989. The van der Waals surface area contributed by atoms with Gasteiger partial charge in [-0.2, -0.15) is 0 Å². The minimum Gasteiger partial charge on any atom is -0.354 e. The van der Waals surface area contributed by atoms with Gasteiger partial charge >= 0.3 is 0 Å². The fourth-order valence-electron chi connectivity index (χ4n) is 4.04. The lowest BCUT2D eigenvalue weighted by Gasteiger charge is -2.35. The van der Waals surface area contributed by atoms with E-state index in [2.05, 4.69) is 29.0 Å². The molecule has 0 unspecified atom stereocenters. The zero-order valence-electron chi connectivity index (χ0n) is 17.6. The van der Waals surface area contributed by atoms with Crippen LogP contribution in [0, 0.1) is 5.92 Å². The molecule has 2 aromatic heterocycles. The quantitative estimate of drug-likeness (QED) is 0.629. The van der Waals surface area contributed by atoms with Crippen LogP contribution in [0.1, 0.15) is 36.3 Å². The summed E-state index contributed by atoms with van der Waals surface area (Å²) in [5, 5.41) is 3.61. The molecule has 1 saturated heterocycles. The third-order valence-electron chi connectivity index (χ3n) is 5.44. The van der Waals surface area contributed by atoms with Crippen LogP contribution in [0.25, 0.3) is 11.1 Å². The molecule has 0 bridgehead atoms. The Kier molecular flexibility index (Phi) is 6.19. The molecule has 0 spiro atoms. The number of hydrogen-bond acceptors (Lipinski definition) is 5. The Morgan fingerprint density at radius 3 is 2.70 bits per heavy atom. The van der Waals surface area contributed by atoms with Gasteiger partial charge in [0.25, 0.3) is 0 Å². The zero-order valence-corrected chi connectivity index (χ0v) is 17.6. The molecule has 3 heterocycles. The second kappa shape index (κ2) is 9.18. The molecule has 5 heteroatoms. The SMILES string of the molecule is CC(C)C[C@H]1CN(c2ccc(-c3ccccc3)c(C(=O)c3cccnc3)n2)CCN1. The van der Waals surface area contributed by atoms with Gasteiger partial charge in [-0.05, 0) is 42.2 Å². The second-order valence-corrected chi connectivity index (χ2v) is 8.23. The number of nitrogens with zero attached hydrogens (tertiary/aromatic N) is 3. The van der Waals surface area contributed by atoms with Crippen LogP contribution in [0.15, 0.2) is 67.0 Å². The van der Waals surface area contributed by atoms with Crippen LogP contribution < -0.4 is 10.2 Å². The van der Waals surface area contributed by atoms with E-state index in [-0.39, 0.29) is 5.78 Å². The van der Waals surface area contributed by atoms with Crippen molar-refractivity contribution in [1.82, 2.24) is 15.3 Å². The van der Waals surface area contributed by atoms with E-state index in [1.165, 1.54) is 0 Å². The van der Waals surface area contributed by atoms with Crippen molar-refractivity contribution in [3.63, 3.8) is 0 Å². The average molecular weight is 401 g/mol. The van der Waals surface area contributed by atoms with Gasteiger partial charge in [0, 0.05) is 49.2 Å². The molecule has 154 valence electrons. The van der Waals surface area contributed by atoms with Gasteiger partial charge in [-0.15, -0.1) is 0 Å². The highest BCUT2D eigenvalue weighted by Gasteiger charge is 2.24. The monoisotopic (exact) mass is 400 g/mol. The van der Waals surface area contributed by atoms with Crippen molar-refractivity contribution < 1.29 is 4.79 Å². The van der Waals surface area contributed by atoms with Gasteiger partial charge in [0.05, 0.1) is 0 Å². The molecule has 0 aliphatic carbocycles. The number of ketones is 1. The molecular formula is C25H28N4O. The highest BCUT2D eigenvalue weighted by Crippen LogP contribution is 2.28. The van der Waals surface area contributed by atoms with Crippen molar-refractivity contribution in [1.29, 1.82) is 0 Å². The van der Waals surface area contributed by atoms with Gasteiger partial charge in [-0.1, -0.05) is 44.2 Å². The third kappa shape index (κ3) is 4.57. The minimum atomic E-state index is -0.0994. The summed E-state index contributed by atoms with van der Waals surface area (Å²) < 4.78 is 0. The molecule has 1 aromatic carbocycles. The summed E-state index contributed by atoms with van der Waals surface area (Å²) in [5.74, 6) is 1.40. The predicted octanol–water partition coefficient (Wildman–Crippen LogP) is 4.20. The topological polar surface area (TPSA) is 58.1 Å². The number of carbonyl (C=O) groups excluding carboxylic acids is 1. The van der Waals surface area contributed by atoms with Gasteiger partial charge in [0.15, 0.2) is 0 Å². The Balaban J connectivity index is 1.71. The summed E-state index contributed by atoms with van der Waals surface area (Å²) in [6.07, 6.45) is 4.41. The van der Waals surface area contributed by atoms with E-state index in [0.29, 0.717) is 23.2 Å². The molecular weight excluding hydrogens is 372 g/mol. The second-order valence-electron chi connectivity index (χ2n) is 8.23. The summed E-state index contributed by atoms with van der Waals surface area (Å²) in [5.41, 5.74) is 2.87. The lowest BCUT2D eigenvalue weighted by molar-refractivity contribution is 0.103. The number of carbonyl (C=O) groups is 1. The number of nitrogens with one attached hydrogen (secondary N) is 1. The third-order valence-corrected chi connectivity index (χ3v) is 5.44. The molecule has 1 aliphatic rings. The maximum Gasteiger partial charge on any atom is 0.213 e. The summed E-state index contributed by atoms with van der Waals surface area (Å²) in [4.78, 5) is 24.6. The number of rotatable bonds is 6. The fraction of sp³-hybridized carbons (Fsp3) is 0.320. The smallest absolute Gasteiger partial charge is 0.213 e. The van der Waals surface area contributed by atoms with Gasteiger partial charge in [-0.3, -0.25) is 9.78 Å². The lowest BCUT2D eigenvalue weighted by atomic mass is 9.98. The number of benzene rings is 1. The van der Waals surface area contributed by atoms with E-state index in [1.54, 1.807) is 24.5 Å². The molecule has 4 rings (SSSR count). The normalized spacial score (nSPS) is 16.6. The van der Waals surface area contributed by atoms with Crippen LogP contribution in [0.3, 0.4) is 0 Å². The summed E-state index contributed by atoms with van der Waals surface area (Å²) in [6.45, 7) is 7.20. The first-order valence-corrected chi connectivity index (χ1v) is 10.6. The Hall–Kier alpha value is -3.05. The van der Waals surface area contributed by atoms with Crippen LogP contribution >= 0.6 is 0 Å². The standard InChI is InChI=1S/C25H28N4O/c1-18(2)15-21-17-29(14-13-27-21)23-11-10-22(19-7-4-3-5-8-19)24(28-23)25(30)20-9-6-12-26-16-20/h3-12,16,18,21,27H,13-15,17H2,1-2H3/t21-/m0/s1. The van der Waals surface area contributed by atoms with E-state index >= 15 is 0 Å². The van der Waals surface area contributed by atoms with E-state index < -0.39 is 0 Å². The molecule has 3 aromatic rings. The number of piperazine rings is 1. The van der Waals surface area contributed by atoms with Crippen LogP contribution in [0.5, 0.6) is 0 Å². The molecule has 1 aliphatic heterocycles. The summed E-state index contributed by atoms with van der Waals surface area (Å²) in [7, 11) is 0. The average Bonchev–Trinajstić information content (AvgIpc) is 2.79. The Morgan fingerprint density at radius 1 is 1.13 bits per heavy atom. The van der Waals surface area contributed by atoms with Crippen molar-refractivity contribution in [2.24, 2.45) is 5.92 Å². The number of aromatic nitrogens is 2. The van der Waals surface area contributed by atoms with Crippen LogP contribution in [0.2, 0.25) is 0 Å². The van der Waals surface area contributed by atoms with Crippen molar-refractivity contribution in [2.75, 3.05) is 24.5 Å². The van der Waals surface area contributed by atoms with Crippen LogP contribution in [0.4, 0.5) is 5.82 Å². The van der Waals surface area contributed by atoms with Gasteiger partial charge in [0.1, 0.15) is 11.5 Å². The largest absolute Gasteiger partial charge is 0.354 e. The van der Waals surface area contributed by atoms with Crippen LogP contribution in [-0.4, -0.2) is 41.4 Å². The van der Waals surface area contributed by atoms with Gasteiger partial charge in [-0.25, -0.2) is 4.98 Å². The first kappa shape index (κ1) is 20.2. The summed E-state index contributed by atoms with van der Waals surface area (Å²) >= 11 is 0. The highest BCUT2D eigenvalue weighted by molar-refractivity contribution is 6.11. The fourth-order valence-corrected chi connectivity index (χ4v) is 4.04. The number of hydrogen-bond donors (Lipinski definition) is 1. The van der Waals surface area contributed by atoms with E-state index in [1.807, 2.05) is 42.5 Å². The van der Waals surface area contributed by atoms with Crippen molar-refractivity contribution >= 4 is 11.6 Å². The maximum atomic E-state index is 13.4. The molecule has 0 saturated carbocycles. The predicted molar refractivity (Wildman–Crippen MR) is 121 cm³/mol. The minimum absolute atomic E-state index is 0.0994. The Labute approximate surface area is 178 Å². The van der Waals surface area contributed by atoms with Crippen molar-refractivity contribution in [3.05, 3.63) is 78.2 Å². The van der Waals surface area contributed by atoms with Crippen LogP contribution in [-0.2, 0) is 0 Å². The Morgan fingerprint density at radius 2 is 1.97 bits per heavy atom. The van der Waals surface area contributed by atoms with Gasteiger partial charge in [0.2, 0.25) is 5.78 Å². The molecule has 0 radical (unpaired) electrons. The molecule has 1 fully saturated rings. The lowest BCUT2D eigenvalue weighted by Crippen LogP contribution is -2.51. The molecule has 5 nitrogen and oxygen atoms in total. The molecule has 0 amide bonds. The zero-order chi connectivity index (χ0) is 20.9. The van der Waals surface area contributed by atoms with Crippen molar-refractivity contribution in [2.45, 2.75) is 26.3 Å². The summed E-state index contributed by atoms with van der Waals surface area (Å²) in [6, 6.07) is 18.0. The van der Waals surface area contributed by atoms with Gasteiger partial charge < -0.3 is 10.2 Å². The maximum absolute atomic E-state index is 13.4. The number of pyridine rings is 2. The first-order chi connectivity index (χ1) is 14.6. The number of anilines is 1. The molecule has 30 heavy (non-hydrogen) atoms. The van der Waals surface area contributed by atoms with E-state index in [0.717, 1.165) is 43.0 Å².